The van der Waals surface area contributed by atoms with Gasteiger partial charge in [0.1, 0.15) is 0 Å². The Morgan fingerprint density at radius 1 is 1.31 bits per heavy atom. The first-order valence-electron chi connectivity index (χ1n) is 8.66. The Morgan fingerprint density at radius 2 is 2.19 bits per heavy atom. The molecule has 2 aromatic heterocycles. The van der Waals surface area contributed by atoms with E-state index < -0.39 is 0 Å². The molecule has 0 unspecified atom stereocenters. The molecule has 4 rings (SSSR count). The first-order valence-corrected chi connectivity index (χ1v) is 9.60. The molecule has 6 heteroatoms. The van der Waals surface area contributed by atoms with Crippen LogP contribution in [0.3, 0.4) is 0 Å². The number of ether oxygens (including phenoxy) is 1. The van der Waals surface area contributed by atoms with Crippen molar-refractivity contribution in [3.05, 3.63) is 57.4 Å². The molecule has 5 nitrogen and oxygen atoms in total. The van der Waals surface area contributed by atoms with Gasteiger partial charge in [0.05, 0.1) is 12.7 Å². The molecule has 1 aliphatic heterocycles. The third-order valence-corrected chi connectivity index (χ3v) is 5.69. The van der Waals surface area contributed by atoms with Crippen LogP contribution in [0.5, 0.6) is 0 Å². The molecule has 134 valence electrons. The van der Waals surface area contributed by atoms with Crippen LogP contribution in [-0.4, -0.2) is 35.4 Å². The number of hydrogen-bond donors (Lipinski definition) is 1. The largest absolute Gasteiger partial charge is 0.465 e. The number of methoxy groups -OCH3 is 1. The molecule has 3 aromatic rings. The topological polar surface area (TPSA) is 62.4 Å². The van der Waals surface area contributed by atoms with Gasteiger partial charge in [-0.25, -0.2) is 4.79 Å². The second-order valence-electron chi connectivity index (χ2n) is 6.53. The van der Waals surface area contributed by atoms with Crippen LogP contribution in [0.4, 0.5) is 0 Å². The van der Waals surface area contributed by atoms with Gasteiger partial charge in [-0.15, -0.1) is 0 Å². The quantitative estimate of drug-likeness (QED) is 0.717. The zero-order valence-corrected chi connectivity index (χ0v) is 15.4. The zero-order chi connectivity index (χ0) is 18.1. The van der Waals surface area contributed by atoms with E-state index in [-0.39, 0.29) is 11.9 Å². The van der Waals surface area contributed by atoms with Gasteiger partial charge in [-0.3, -0.25) is 4.79 Å². The van der Waals surface area contributed by atoms with Crippen molar-refractivity contribution >= 4 is 34.1 Å². The minimum absolute atomic E-state index is 0.181. The number of hydrogen-bond acceptors (Lipinski definition) is 4. The first kappa shape index (κ1) is 16.8. The highest BCUT2D eigenvalue weighted by atomic mass is 32.1. The lowest BCUT2D eigenvalue weighted by atomic mass is 10.0. The van der Waals surface area contributed by atoms with Gasteiger partial charge in [-0.1, -0.05) is 0 Å². The number of aryl methyl sites for hydroxylation is 1. The number of H-pyrrole nitrogens is 1. The molecule has 3 heterocycles. The minimum atomic E-state index is -0.346. The van der Waals surface area contributed by atoms with Crippen molar-refractivity contribution in [2.24, 2.45) is 0 Å². The average Bonchev–Trinajstić information content (AvgIpc) is 3.31. The molecular formula is C20H20N2O3S. The maximum absolute atomic E-state index is 12.6. The van der Waals surface area contributed by atoms with Gasteiger partial charge < -0.3 is 14.6 Å². The number of amides is 1. The van der Waals surface area contributed by atoms with E-state index in [9.17, 15) is 9.59 Å². The summed E-state index contributed by atoms with van der Waals surface area (Å²) in [5.41, 5.74) is 5.01. The van der Waals surface area contributed by atoms with Crippen molar-refractivity contribution in [3.8, 4) is 0 Å². The van der Waals surface area contributed by atoms with Crippen LogP contribution in [-0.2, 0) is 28.9 Å². The Labute approximate surface area is 155 Å². The number of thiophene rings is 1. The van der Waals surface area contributed by atoms with Crippen LogP contribution in [0.25, 0.3) is 10.9 Å². The highest BCUT2D eigenvalue weighted by molar-refractivity contribution is 7.07. The summed E-state index contributed by atoms with van der Waals surface area (Å²) in [6, 6.07) is 7.60. The highest BCUT2D eigenvalue weighted by Crippen LogP contribution is 2.29. The number of nitrogens with zero attached hydrogens (tertiary/aromatic N) is 1. The Morgan fingerprint density at radius 3 is 2.96 bits per heavy atom. The fourth-order valence-corrected chi connectivity index (χ4v) is 4.22. The molecule has 0 saturated heterocycles. The van der Waals surface area contributed by atoms with Crippen LogP contribution < -0.4 is 0 Å². The molecule has 1 aliphatic rings. The second-order valence-corrected chi connectivity index (χ2v) is 7.31. The van der Waals surface area contributed by atoms with E-state index in [2.05, 4.69) is 16.4 Å². The predicted molar refractivity (Wildman–Crippen MR) is 101 cm³/mol. The number of esters is 1. The number of aromatic amines is 1. The van der Waals surface area contributed by atoms with Crippen molar-refractivity contribution in [3.63, 3.8) is 0 Å². The molecular weight excluding hydrogens is 348 g/mol. The number of nitrogens with one attached hydrogen (secondary N) is 1. The van der Waals surface area contributed by atoms with Crippen LogP contribution in [0.15, 0.2) is 35.0 Å². The number of aromatic nitrogens is 1. The summed E-state index contributed by atoms with van der Waals surface area (Å²) in [6.07, 6.45) is 2.12. The Kier molecular flexibility index (Phi) is 4.51. The summed E-state index contributed by atoms with van der Waals surface area (Å²) in [4.78, 5) is 29.8. The lowest BCUT2D eigenvalue weighted by Gasteiger charge is -2.27. The minimum Gasteiger partial charge on any atom is -0.465 e. The van der Waals surface area contributed by atoms with Gasteiger partial charge in [-0.05, 0) is 47.0 Å². The fraction of sp³-hybridized carbons (Fsp3) is 0.300. The maximum Gasteiger partial charge on any atom is 0.337 e. The molecule has 1 aromatic carbocycles. The SMILES string of the molecule is COC(=O)c1ccc2[nH]c3c(c2c1)CN(C(=O)CCc1ccsc1)CC3. The van der Waals surface area contributed by atoms with E-state index >= 15 is 0 Å². The highest BCUT2D eigenvalue weighted by Gasteiger charge is 2.24. The van der Waals surface area contributed by atoms with Gasteiger partial charge in [0, 0.05) is 48.1 Å². The standard InChI is InChI=1S/C20H20N2O3S/c1-25-20(24)14-3-4-17-15(10-14)16-11-22(8-6-18(16)21-17)19(23)5-2-13-7-9-26-12-13/h3-4,7,9-10,12,21H,2,5-6,8,11H2,1H3. The molecule has 0 aliphatic carbocycles. The van der Waals surface area contributed by atoms with E-state index in [1.54, 1.807) is 17.4 Å². The second kappa shape index (κ2) is 6.96. The number of benzene rings is 1. The Bertz CT molecular complexity index is 959. The molecule has 26 heavy (non-hydrogen) atoms. The summed E-state index contributed by atoms with van der Waals surface area (Å²) >= 11 is 1.66. The van der Waals surface area contributed by atoms with E-state index in [1.165, 1.54) is 12.7 Å². The van der Waals surface area contributed by atoms with Gasteiger partial charge in [0.25, 0.3) is 0 Å². The summed E-state index contributed by atoms with van der Waals surface area (Å²) in [7, 11) is 1.38. The van der Waals surface area contributed by atoms with Gasteiger partial charge in [0.2, 0.25) is 5.91 Å². The molecule has 0 radical (unpaired) electrons. The van der Waals surface area contributed by atoms with E-state index in [0.717, 1.165) is 41.5 Å². The Balaban J connectivity index is 1.54. The van der Waals surface area contributed by atoms with E-state index in [0.29, 0.717) is 18.5 Å². The fourth-order valence-electron chi connectivity index (χ4n) is 3.52. The van der Waals surface area contributed by atoms with Gasteiger partial charge in [-0.2, -0.15) is 11.3 Å². The van der Waals surface area contributed by atoms with Crippen molar-refractivity contribution in [2.45, 2.75) is 25.8 Å². The summed E-state index contributed by atoms with van der Waals surface area (Å²) in [5, 5.41) is 5.13. The molecule has 1 amide bonds. The zero-order valence-electron chi connectivity index (χ0n) is 14.6. The van der Waals surface area contributed by atoms with Crippen LogP contribution in [0.1, 0.15) is 33.6 Å². The van der Waals surface area contributed by atoms with Crippen LogP contribution >= 0.6 is 11.3 Å². The predicted octanol–water partition coefficient (Wildman–Crippen LogP) is 3.53. The number of carbonyl (C=O) groups excluding carboxylic acids is 2. The van der Waals surface area contributed by atoms with Crippen molar-refractivity contribution in [1.82, 2.24) is 9.88 Å². The number of fused-ring (bicyclic) bond motifs is 3. The molecule has 1 N–H and O–H groups in total. The Hall–Kier alpha value is -2.60. The van der Waals surface area contributed by atoms with E-state index in [1.807, 2.05) is 22.4 Å². The van der Waals surface area contributed by atoms with Crippen LogP contribution in [0.2, 0.25) is 0 Å². The molecule has 0 bridgehead atoms. The van der Waals surface area contributed by atoms with Crippen molar-refractivity contribution < 1.29 is 14.3 Å². The smallest absolute Gasteiger partial charge is 0.337 e. The molecule has 0 saturated carbocycles. The third kappa shape index (κ3) is 3.12. The summed E-state index contributed by atoms with van der Waals surface area (Å²) in [6.45, 7) is 1.31. The molecule has 0 spiro atoms. The normalized spacial score (nSPS) is 13.7. The lowest BCUT2D eigenvalue weighted by molar-refractivity contribution is -0.132. The third-order valence-electron chi connectivity index (χ3n) is 4.96. The van der Waals surface area contributed by atoms with E-state index in [4.69, 9.17) is 4.74 Å². The first-order chi connectivity index (χ1) is 12.7. The molecule has 0 atom stereocenters. The van der Waals surface area contributed by atoms with Crippen molar-refractivity contribution in [1.29, 1.82) is 0 Å². The molecule has 0 fully saturated rings. The number of rotatable bonds is 4. The van der Waals surface area contributed by atoms with Crippen molar-refractivity contribution in [2.75, 3.05) is 13.7 Å². The van der Waals surface area contributed by atoms with Gasteiger partial charge in [0.15, 0.2) is 0 Å². The monoisotopic (exact) mass is 368 g/mol. The van der Waals surface area contributed by atoms with Crippen LogP contribution in [0, 0.1) is 0 Å². The van der Waals surface area contributed by atoms with Gasteiger partial charge >= 0.3 is 5.97 Å². The average molecular weight is 368 g/mol. The summed E-state index contributed by atoms with van der Waals surface area (Å²) < 4.78 is 4.82. The number of carbonyl (C=O) groups is 2. The lowest BCUT2D eigenvalue weighted by Crippen LogP contribution is -2.35. The maximum atomic E-state index is 12.6. The summed E-state index contributed by atoms with van der Waals surface area (Å²) in [5.74, 6) is -0.165.